The molecule has 11 heteroatoms. The second-order valence-electron chi connectivity index (χ2n) is 15.4. The van der Waals surface area contributed by atoms with Gasteiger partial charge < -0.3 is 48.8 Å². The van der Waals surface area contributed by atoms with Gasteiger partial charge in [0.15, 0.2) is 6.29 Å². The third kappa shape index (κ3) is 9.35. The van der Waals surface area contributed by atoms with E-state index in [-0.39, 0.29) is 37.3 Å². The largest absolute Gasteiger partial charge is 0.459 e. The standard InChI is InChI=1S/C36H66N2O9/c1-13-15-38-18-22(4)31-36(10,42)28(14-2)46-33(41)26(8)29(39)25(7)32(35(9,17-23(38)5)44-20-21(3)19-43-31)47-34-30(40)27(37(11)12)16-24(6)45-34/h22-32,34,39-40,42H,3,13-20H2,1-2,4-12H3/t22-,23+,24+,25-,26+,27-,28+,29-,30+,31-,32+,34-,35+,36+/m0/s1. The van der Waals surface area contributed by atoms with E-state index in [1.165, 1.54) is 0 Å². The van der Waals surface area contributed by atoms with Crippen LogP contribution in [0.1, 0.15) is 88.0 Å². The zero-order chi connectivity index (χ0) is 35.4. The number of carbonyl (C=O) groups excluding carboxylic acids is 1. The molecular formula is C36H66N2O9. The first-order valence-electron chi connectivity index (χ1n) is 17.8. The highest BCUT2D eigenvalue weighted by molar-refractivity contribution is 5.73. The average molecular weight is 671 g/mol. The molecule has 0 radical (unpaired) electrons. The zero-order valence-corrected chi connectivity index (χ0v) is 31.0. The van der Waals surface area contributed by atoms with E-state index in [4.69, 9.17) is 23.7 Å². The van der Waals surface area contributed by atoms with E-state index in [1.807, 2.05) is 46.7 Å². The van der Waals surface area contributed by atoms with Crippen molar-refractivity contribution in [3.63, 3.8) is 0 Å². The van der Waals surface area contributed by atoms with Gasteiger partial charge in [0.1, 0.15) is 17.8 Å². The number of rotatable bonds is 6. The van der Waals surface area contributed by atoms with Gasteiger partial charge in [0.2, 0.25) is 0 Å². The molecular weight excluding hydrogens is 604 g/mol. The predicted octanol–water partition coefficient (Wildman–Crippen LogP) is 3.37. The maximum absolute atomic E-state index is 13.7. The summed E-state index contributed by atoms with van der Waals surface area (Å²) < 4.78 is 32.3. The molecule has 0 aliphatic carbocycles. The Balaban J connectivity index is 2.22. The van der Waals surface area contributed by atoms with Crippen LogP contribution >= 0.6 is 0 Å². The number of nitrogens with zero attached hydrogens (tertiary/aromatic N) is 2. The molecule has 0 saturated carbocycles. The third-order valence-electron chi connectivity index (χ3n) is 10.9. The second-order valence-corrected chi connectivity index (χ2v) is 15.4. The molecule has 0 aromatic heterocycles. The molecule has 4 aliphatic heterocycles. The number of ether oxygens (including phenoxy) is 5. The Morgan fingerprint density at radius 1 is 1.06 bits per heavy atom. The maximum atomic E-state index is 13.7. The van der Waals surface area contributed by atoms with E-state index in [9.17, 15) is 20.1 Å². The van der Waals surface area contributed by atoms with Crippen molar-refractivity contribution in [2.75, 3.05) is 40.4 Å². The summed E-state index contributed by atoms with van der Waals surface area (Å²) in [6.45, 7) is 23.3. The Morgan fingerprint density at radius 3 is 2.32 bits per heavy atom. The number of hydrogen-bond donors (Lipinski definition) is 3. The molecule has 0 aromatic carbocycles. The van der Waals surface area contributed by atoms with Crippen LogP contribution in [0.5, 0.6) is 0 Å². The Morgan fingerprint density at radius 2 is 1.72 bits per heavy atom. The Kier molecular flexibility index (Phi) is 14.3. The molecule has 3 N–H and O–H groups in total. The molecule has 11 nitrogen and oxygen atoms in total. The highest BCUT2D eigenvalue weighted by Gasteiger charge is 2.51. The van der Waals surface area contributed by atoms with Crippen molar-refractivity contribution in [1.29, 1.82) is 0 Å². The molecule has 4 saturated heterocycles. The number of aliphatic hydroxyl groups is 3. The van der Waals surface area contributed by atoms with Gasteiger partial charge in [-0.1, -0.05) is 34.3 Å². The molecule has 0 unspecified atom stereocenters. The highest BCUT2D eigenvalue weighted by atomic mass is 16.7. The first kappa shape index (κ1) is 40.3. The van der Waals surface area contributed by atoms with Crippen molar-refractivity contribution in [2.45, 2.75) is 154 Å². The van der Waals surface area contributed by atoms with Gasteiger partial charge in [-0.25, -0.2) is 0 Å². The van der Waals surface area contributed by atoms with Crippen LogP contribution in [0.2, 0.25) is 0 Å². The topological polar surface area (TPSA) is 130 Å². The first-order valence-corrected chi connectivity index (χ1v) is 17.8. The molecule has 4 rings (SSSR count). The number of hydrogen-bond acceptors (Lipinski definition) is 11. The number of fused-ring (bicyclic) bond motifs is 15. The quantitative estimate of drug-likeness (QED) is 0.284. The van der Waals surface area contributed by atoms with Gasteiger partial charge in [0, 0.05) is 24.5 Å². The summed E-state index contributed by atoms with van der Waals surface area (Å²) in [5.74, 6) is -2.37. The molecule has 4 heterocycles. The summed E-state index contributed by atoms with van der Waals surface area (Å²) in [6, 6.07) is -0.210. The van der Waals surface area contributed by atoms with E-state index < -0.39 is 65.8 Å². The van der Waals surface area contributed by atoms with E-state index in [1.54, 1.807) is 13.8 Å². The van der Waals surface area contributed by atoms with Crippen LogP contribution < -0.4 is 0 Å². The summed E-state index contributed by atoms with van der Waals surface area (Å²) in [7, 11) is 3.85. The molecule has 0 aromatic rings. The Hall–Kier alpha value is -1.15. The second kappa shape index (κ2) is 16.7. The highest BCUT2D eigenvalue weighted by Crippen LogP contribution is 2.39. The lowest BCUT2D eigenvalue weighted by atomic mass is 9.78. The van der Waals surface area contributed by atoms with Crippen molar-refractivity contribution in [1.82, 2.24) is 9.80 Å². The van der Waals surface area contributed by atoms with Gasteiger partial charge in [-0.3, -0.25) is 4.79 Å². The van der Waals surface area contributed by atoms with Crippen molar-refractivity contribution >= 4 is 5.97 Å². The minimum atomic E-state index is -1.53. The lowest BCUT2D eigenvalue weighted by Crippen LogP contribution is -2.60. The van der Waals surface area contributed by atoms with Crippen LogP contribution in [0, 0.1) is 17.8 Å². The molecule has 274 valence electrons. The van der Waals surface area contributed by atoms with E-state index >= 15 is 0 Å². The summed E-state index contributed by atoms with van der Waals surface area (Å²) in [6.07, 6.45) is -3.27. The fraction of sp³-hybridized carbons (Fsp3) is 0.917. The lowest BCUT2D eigenvalue weighted by Gasteiger charge is -2.49. The van der Waals surface area contributed by atoms with E-state index in [0.717, 1.165) is 13.0 Å². The molecule has 47 heavy (non-hydrogen) atoms. The van der Waals surface area contributed by atoms with Gasteiger partial charge in [-0.05, 0) is 92.4 Å². The predicted molar refractivity (Wildman–Crippen MR) is 181 cm³/mol. The number of likely N-dealkylation sites (N-methyl/N-ethyl adjacent to an activating group) is 1. The fourth-order valence-corrected chi connectivity index (χ4v) is 8.09. The Bertz CT molecular complexity index is 1030. The van der Waals surface area contributed by atoms with Crippen molar-refractivity contribution < 1.29 is 43.8 Å². The Labute approximate surface area is 283 Å². The van der Waals surface area contributed by atoms with Crippen LogP contribution in [-0.4, -0.2) is 138 Å². The van der Waals surface area contributed by atoms with Gasteiger partial charge >= 0.3 is 5.97 Å². The molecule has 0 amide bonds. The maximum Gasteiger partial charge on any atom is 0.311 e. The first-order chi connectivity index (χ1) is 21.9. The lowest BCUT2D eigenvalue weighted by molar-refractivity contribution is -0.303. The number of carbonyl (C=O) groups is 1. The van der Waals surface area contributed by atoms with Gasteiger partial charge in [0.05, 0.1) is 49.1 Å². The number of esters is 1. The van der Waals surface area contributed by atoms with Crippen LogP contribution in [0.4, 0.5) is 0 Å². The molecule has 4 aliphatic rings. The third-order valence-corrected chi connectivity index (χ3v) is 10.9. The zero-order valence-electron chi connectivity index (χ0n) is 31.0. The van der Waals surface area contributed by atoms with Gasteiger partial charge in [-0.15, -0.1) is 0 Å². The minimum Gasteiger partial charge on any atom is -0.459 e. The molecule has 2 bridgehead atoms. The van der Waals surface area contributed by atoms with Crippen LogP contribution in [0.25, 0.3) is 0 Å². The minimum absolute atomic E-state index is 0.0100. The normalized spacial score (nSPS) is 45.4. The van der Waals surface area contributed by atoms with Gasteiger partial charge in [0.25, 0.3) is 0 Å². The summed E-state index contributed by atoms with van der Waals surface area (Å²) in [5, 5.41) is 35.5. The SMILES string of the molecule is C=C1CO[C@H]2[C@@H](C)CN(CCC)[C@H](C)C[C@@](C)(OC1)[C@H](O[C@@H]1O[C@H](C)C[C@H](N(C)C)[C@H]1O)[C@@H](C)[C@H](O)[C@@H](C)C(=O)O[C@H](CC)[C@@]2(C)O. The van der Waals surface area contributed by atoms with Crippen molar-refractivity contribution in [3.8, 4) is 0 Å². The van der Waals surface area contributed by atoms with E-state index in [0.29, 0.717) is 31.4 Å². The fourth-order valence-electron chi connectivity index (χ4n) is 8.09. The van der Waals surface area contributed by atoms with Gasteiger partial charge in [-0.2, -0.15) is 0 Å². The molecule has 14 atom stereocenters. The average Bonchev–Trinajstić information content (AvgIpc) is 3.00. The molecule has 4 fully saturated rings. The van der Waals surface area contributed by atoms with Crippen LogP contribution in [0.3, 0.4) is 0 Å². The summed E-state index contributed by atoms with van der Waals surface area (Å²) >= 11 is 0. The smallest absolute Gasteiger partial charge is 0.311 e. The van der Waals surface area contributed by atoms with Crippen LogP contribution in [0.15, 0.2) is 12.2 Å². The van der Waals surface area contributed by atoms with Crippen molar-refractivity contribution in [2.24, 2.45) is 17.8 Å². The molecule has 0 spiro atoms. The summed E-state index contributed by atoms with van der Waals surface area (Å²) in [4.78, 5) is 18.1. The number of aliphatic hydroxyl groups excluding tert-OH is 2. The monoisotopic (exact) mass is 670 g/mol. The van der Waals surface area contributed by atoms with E-state index in [2.05, 4.69) is 32.3 Å². The summed E-state index contributed by atoms with van der Waals surface area (Å²) in [5.41, 5.74) is -1.87. The van der Waals surface area contributed by atoms with Crippen molar-refractivity contribution in [3.05, 3.63) is 12.2 Å². The van der Waals surface area contributed by atoms with Crippen LogP contribution in [-0.2, 0) is 28.5 Å².